The Labute approximate surface area is 342 Å². The van der Waals surface area contributed by atoms with E-state index in [0.717, 1.165) is 57.4 Å². The van der Waals surface area contributed by atoms with E-state index in [9.17, 15) is 10.1 Å². The molecule has 0 spiro atoms. The normalized spacial score (nSPS) is 9.85. The number of nitrogens with two attached hydrogens (primary N) is 1. The molecule has 10 nitrogen and oxygen atoms in total. The molecule has 245 valence electrons. The average Bonchev–Trinajstić information content (AvgIpc) is 3.45. The summed E-state index contributed by atoms with van der Waals surface area (Å²) in [4.78, 5) is 18.0. The number of nitro groups is 1. The van der Waals surface area contributed by atoms with E-state index in [1.807, 2.05) is 79.7 Å². The summed E-state index contributed by atoms with van der Waals surface area (Å²) in [5.41, 5.74) is 11.2. The standard InChI is InChI=1S/C16H12Br2N2.C9H8BrNO2.C7H7BrN2.2In.H2O2.O/c1-10-15(11-2-6-13(17)7-3-11)20-16(19-10)12-4-8-14(18)9-5-12;1-7(11(12)13)6-8-2-4-9(10)5-3-8;8-6-3-1-5(2-4-6)7(9)10;;;1-2;/h2-9H,1H3,(H,19,20);2-6H,1H3;1-4H,(H3,9,10);;;1-2H;/q;;;;+1;;/p-1/b;7-6+;;;;;. The predicted octanol–water partition coefficient (Wildman–Crippen LogP) is 9.46. The summed E-state index contributed by atoms with van der Waals surface area (Å²) < 4.78 is 16.3. The van der Waals surface area contributed by atoms with Gasteiger partial charge in [-0.2, -0.15) is 0 Å². The van der Waals surface area contributed by atoms with Gasteiger partial charge in [-0.15, -0.1) is 0 Å². The molecule has 0 aliphatic heterocycles. The number of aromatic nitrogens is 2. The van der Waals surface area contributed by atoms with Gasteiger partial charge in [0.2, 0.25) is 5.70 Å². The monoisotopic (exact) mass is 1110 g/mol. The number of H-pyrrole nitrogens is 1. The van der Waals surface area contributed by atoms with Crippen LogP contribution in [0.1, 0.15) is 23.7 Å². The van der Waals surface area contributed by atoms with E-state index in [-0.39, 0.29) is 37.4 Å². The number of aryl methyl sites for hydroxylation is 1. The Balaban J connectivity index is 0.000000357. The van der Waals surface area contributed by atoms with Crippen molar-refractivity contribution in [2.24, 2.45) is 5.73 Å². The fourth-order valence-electron chi connectivity index (χ4n) is 3.58. The molecular weight excluding hydrogens is 1080 g/mol. The van der Waals surface area contributed by atoms with Gasteiger partial charge in [-0.25, -0.2) is 4.98 Å². The van der Waals surface area contributed by atoms with Gasteiger partial charge in [0.1, 0.15) is 11.7 Å². The van der Waals surface area contributed by atoms with Crippen molar-refractivity contribution in [2.75, 3.05) is 0 Å². The summed E-state index contributed by atoms with van der Waals surface area (Å²) in [6.07, 6.45) is 1.53. The van der Waals surface area contributed by atoms with Crippen LogP contribution in [0.25, 0.3) is 28.7 Å². The van der Waals surface area contributed by atoms with Gasteiger partial charge in [0, 0.05) is 79.1 Å². The van der Waals surface area contributed by atoms with Crippen LogP contribution in [-0.2, 0) is 5.86 Å². The third kappa shape index (κ3) is 16.1. The first kappa shape index (κ1) is 43.9. The van der Waals surface area contributed by atoms with E-state index >= 15 is 0 Å². The van der Waals surface area contributed by atoms with Crippen LogP contribution in [0.15, 0.2) is 121 Å². The molecule has 16 heteroatoms. The van der Waals surface area contributed by atoms with Crippen LogP contribution < -0.4 is 5.73 Å². The molecule has 1 heterocycles. The average molecular weight is 1110 g/mol. The van der Waals surface area contributed by atoms with Gasteiger partial charge >= 0.3 is 34.5 Å². The molecule has 0 saturated carbocycles. The van der Waals surface area contributed by atoms with Crippen molar-refractivity contribution in [1.29, 1.82) is 5.41 Å². The van der Waals surface area contributed by atoms with E-state index in [0.29, 0.717) is 0 Å². The molecule has 0 saturated heterocycles. The Bertz CT molecular complexity index is 1790. The fourth-order valence-corrected chi connectivity index (χ4v) is 4.63. The third-order valence-electron chi connectivity index (χ3n) is 5.85. The molecule has 0 atom stereocenters. The number of nitrogens with one attached hydrogen (secondary N) is 2. The summed E-state index contributed by atoms with van der Waals surface area (Å²) in [5.74, 6) is 1.00. The molecule has 5 N–H and O–H groups in total. The Morgan fingerprint density at radius 3 is 1.67 bits per heavy atom. The van der Waals surface area contributed by atoms with Crippen LogP contribution in [0, 0.1) is 22.4 Å². The maximum absolute atomic E-state index is 10.3. The molecule has 0 unspecified atom stereocenters. The molecule has 48 heavy (non-hydrogen) atoms. The molecule has 5 rings (SSSR count). The van der Waals surface area contributed by atoms with Gasteiger partial charge in [-0.1, -0.05) is 112 Å². The number of rotatable bonds is 6. The SMILES string of the molecule is C/C(=C\c1ccc(Br)cc1)[N+](=O)[O-].Cc1[nH]c(-c2ccc(Br)cc2)nc1-c1ccc(Br)cc1.N=C(N)c1ccc(Br)cc1.[In].[O]=[In][O]O. The second kappa shape index (κ2) is 23.3. The van der Waals surface area contributed by atoms with Crippen molar-refractivity contribution in [1.82, 2.24) is 9.97 Å². The Hall–Kier alpha value is -2.08. The Morgan fingerprint density at radius 1 is 0.875 bits per heavy atom. The summed E-state index contributed by atoms with van der Waals surface area (Å²) in [5, 5.41) is 24.5. The van der Waals surface area contributed by atoms with E-state index in [1.165, 1.54) is 13.0 Å². The second-order valence-electron chi connectivity index (χ2n) is 9.29. The zero-order chi connectivity index (χ0) is 34.9. The zero-order valence-electron chi connectivity index (χ0n) is 25.5. The summed E-state index contributed by atoms with van der Waals surface area (Å²) >= 11 is 11.4. The minimum atomic E-state index is -2.10. The van der Waals surface area contributed by atoms with Crippen LogP contribution in [0.5, 0.6) is 0 Å². The number of nitrogens with zero attached hydrogens (tertiary/aromatic N) is 2. The molecule has 0 bridgehead atoms. The Kier molecular flexibility index (Phi) is 21.4. The molecule has 3 radical (unpaired) electrons. The van der Waals surface area contributed by atoms with Crippen LogP contribution in [0.3, 0.4) is 0 Å². The van der Waals surface area contributed by atoms with Gasteiger partial charge in [-0.05, 0) is 61.0 Å². The van der Waals surface area contributed by atoms with Gasteiger partial charge in [0.15, 0.2) is 0 Å². The van der Waals surface area contributed by atoms with E-state index in [2.05, 4.69) is 83.8 Å². The van der Waals surface area contributed by atoms with Crippen molar-refractivity contribution < 1.29 is 16.0 Å². The van der Waals surface area contributed by atoms with Crippen LogP contribution in [0.2, 0.25) is 0 Å². The molecule has 0 aliphatic carbocycles. The Morgan fingerprint density at radius 2 is 1.27 bits per heavy atom. The molecule has 0 amide bonds. The van der Waals surface area contributed by atoms with Crippen LogP contribution in [-0.4, -0.2) is 75.2 Å². The summed E-state index contributed by atoms with van der Waals surface area (Å²) in [6.45, 7) is 3.52. The number of hydrogen-bond donors (Lipinski definition) is 4. The molecule has 0 fully saturated rings. The number of imidazole rings is 1. The van der Waals surface area contributed by atoms with E-state index < -0.39 is 28.3 Å². The summed E-state index contributed by atoms with van der Waals surface area (Å²) in [7, 11) is 0. The molecule has 0 aliphatic rings. The van der Waals surface area contributed by atoms with Crippen molar-refractivity contribution in [2.45, 2.75) is 13.8 Å². The molecular formula is C32H28Br4In2N5O5. The molecule has 1 aromatic heterocycles. The second-order valence-corrected chi connectivity index (χ2v) is 14.1. The van der Waals surface area contributed by atoms with Gasteiger partial charge in [0.05, 0.1) is 10.6 Å². The van der Waals surface area contributed by atoms with E-state index in [1.54, 1.807) is 12.1 Å². The number of aromatic amines is 1. The number of allylic oxidation sites excluding steroid dienone is 1. The summed E-state index contributed by atoms with van der Waals surface area (Å²) in [6, 6.07) is 31.0. The fraction of sp³-hybridized carbons (Fsp3) is 0.0625. The number of amidine groups is 1. The number of benzene rings is 4. The molecule has 4 aromatic carbocycles. The van der Waals surface area contributed by atoms with Crippen molar-refractivity contribution in [3.8, 4) is 22.6 Å². The maximum atomic E-state index is 10.3. The van der Waals surface area contributed by atoms with Gasteiger partial charge in [0.25, 0.3) is 0 Å². The van der Waals surface area contributed by atoms with E-state index in [4.69, 9.17) is 24.2 Å². The quantitative estimate of drug-likeness (QED) is 0.0432. The van der Waals surface area contributed by atoms with Crippen LogP contribution in [0.4, 0.5) is 0 Å². The first-order valence-electron chi connectivity index (χ1n) is 13.3. The van der Waals surface area contributed by atoms with Gasteiger partial charge in [-0.3, -0.25) is 15.5 Å². The first-order valence-corrected chi connectivity index (χ1v) is 19.2. The van der Waals surface area contributed by atoms with Gasteiger partial charge < -0.3 is 10.7 Å². The first-order chi connectivity index (χ1) is 22.3. The number of halogens is 4. The minimum absolute atomic E-state index is 0. The van der Waals surface area contributed by atoms with Crippen molar-refractivity contribution in [3.05, 3.63) is 148 Å². The number of nitrogen functional groups attached to an aromatic ring is 1. The van der Waals surface area contributed by atoms with Crippen LogP contribution >= 0.6 is 63.7 Å². The predicted molar refractivity (Wildman–Crippen MR) is 205 cm³/mol. The third-order valence-corrected chi connectivity index (χ3v) is 8.21. The zero-order valence-corrected chi connectivity index (χ0v) is 38.5. The number of hydrogen-bond acceptors (Lipinski definition) is 7. The van der Waals surface area contributed by atoms with Crippen molar-refractivity contribution >= 4 is 125 Å². The topological polar surface area (TPSA) is 168 Å². The molecule has 5 aromatic rings. The van der Waals surface area contributed by atoms with Crippen molar-refractivity contribution in [3.63, 3.8) is 0 Å².